The number of ketones is 1. The molecule has 3 rings (SSSR count). The zero-order valence-corrected chi connectivity index (χ0v) is 13.2. The molecule has 114 valence electrons. The fourth-order valence-corrected chi connectivity index (χ4v) is 3.78. The number of hydrogen-bond donors (Lipinski definition) is 1. The molecule has 1 aliphatic rings. The van der Waals surface area contributed by atoms with Crippen molar-refractivity contribution in [3.05, 3.63) is 52.6 Å². The van der Waals surface area contributed by atoms with E-state index in [1.165, 1.54) is 6.07 Å². The van der Waals surface area contributed by atoms with E-state index in [4.69, 9.17) is 0 Å². The molecule has 0 saturated heterocycles. The van der Waals surface area contributed by atoms with Crippen LogP contribution >= 0.6 is 0 Å². The number of benzene rings is 2. The third-order valence-corrected chi connectivity index (χ3v) is 5.02. The number of Topliss-reactive ketones (excluding diaryl/α,β-unsaturated/α-hetero) is 1. The Bertz CT molecular complexity index is 895. The van der Waals surface area contributed by atoms with Crippen LogP contribution in [0.4, 0.5) is 0 Å². The van der Waals surface area contributed by atoms with Gasteiger partial charge in [0.05, 0.1) is 0 Å². The highest BCUT2D eigenvalue weighted by atomic mass is 32.2. The predicted molar refractivity (Wildman–Crippen MR) is 83.8 cm³/mol. The average molecular weight is 316 g/mol. The highest BCUT2D eigenvalue weighted by Gasteiger charge is 2.26. The molecule has 0 atom stereocenters. The second-order valence-corrected chi connectivity index (χ2v) is 7.07. The van der Waals surface area contributed by atoms with Crippen LogP contribution in [0, 0.1) is 13.8 Å². The summed E-state index contributed by atoms with van der Waals surface area (Å²) < 4.78 is 32.9. The van der Waals surface area contributed by atoms with Crippen molar-refractivity contribution >= 4 is 15.9 Å². The number of carbonyl (C=O) groups excluding carboxylic acids is 1. The lowest BCUT2D eigenvalue weighted by Crippen LogP contribution is -2.04. The van der Waals surface area contributed by atoms with Crippen molar-refractivity contribution in [3.63, 3.8) is 0 Å². The summed E-state index contributed by atoms with van der Waals surface area (Å²) in [4.78, 5) is 11.8. The van der Waals surface area contributed by atoms with Gasteiger partial charge in [0.25, 0.3) is 10.1 Å². The van der Waals surface area contributed by atoms with E-state index < -0.39 is 10.1 Å². The largest absolute Gasteiger partial charge is 0.295 e. The summed E-state index contributed by atoms with van der Waals surface area (Å²) in [5.74, 6) is 0.0808. The Morgan fingerprint density at radius 3 is 2.41 bits per heavy atom. The molecule has 0 aromatic heterocycles. The van der Waals surface area contributed by atoms with E-state index in [9.17, 15) is 17.8 Å². The second kappa shape index (κ2) is 5.04. The van der Waals surface area contributed by atoms with Gasteiger partial charge in [-0.1, -0.05) is 29.8 Å². The molecule has 22 heavy (non-hydrogen) atoms. The van der Waals surface area contributed by atoms with Gasteiger partial charge < -0.3 is 0 Å². The lowest BCUT2D eigenvalue weighted by molar-refractivity contribution is 0.0994. The van der Waals surface area contributed by atoms with Gasteiger partial charge in [-0.15, -0.1) is 0 Å². The van der Waals surface area contributed by atoms with Gasteiger partial charge in [0, 0.05) is 17.5 Å². The molecule has 0 radical (unpaired) electrons. The number of hydrogen-bond acceptors (Lipinski definition) is 3. The lowest BCUT2D eigenvalue weighted by atomic mass is 9.92. The monoisotopic (exact) mass is 316 g/mol. The van der Waals surface area contributed by atoms with Gasteiger partial charge in [0.15, 0.2) is 5.78 Å². The Morgan fingerprint density at radius 2 is 1.73 bits per heavy atom. The zero-order chi connectivity index (χ0) is 16.1. The van der Waals surface area contributed by atoms with Gasteiger partial charge >= 0.3 is 0 Å². The minimum Gasteiger partial charge on any atom is -0.294 e. The number of fused-ring (bicyclic) bond motifs is 1. The first-order valence-corrected chi connectivity index (χ1v) is 8.47. The summed E-state index contributed by atoms with van der Waals surface area (Å²) in [6.07, 6.45) is 1.04. The quantitative estimate of drug-likeness (QED) is 0.863. The van der Waals surface area contributed by atoms with E-state index in [1.807, 2.05) is 19.9 Å². The summed E-state index contributed by atoms with van der Waals surface area (Å²) in [7, 11) is -4.33. The number of rotatable bonds is 2. The van der Waals surface area contributed by atoms with Crippen molar-refractivity contribution in [1.82, 2.24) is 0 Å². The normalized spacial score (nSPS) is 14.2. The van der Waals surface area contributed by atoms with Gasteiger partial charge in [0.2, 0.25) is 0 Å². The molecule has 0 amide bonds. The topological polar surface area (TPSA) is 71.4 Å². The fraction of sp³-hybridized carbons (Fsp3) is 0.235. The van der Waals surface area contributed by atoms with E-state index in [1.54, 1.807) is 18.2 Å². The summed E-state index contributed by atoms with van der Waals surface area (Å²) in [6, 6.07) is 8.43. The van der Waals surface area contributed by atoms with Crippen LogP contribution in [-0.4, -0.2) is 18.8 Å². The first-order chi connectivity index (χ1) is 10.3. The summed E-state index contributed by atoms with van der Waals surface area (Å²) in [6.45, 7) is 3.75. The Labute approximate surface area is 129 Å². The SMILES string of the molecule is Cc1ccc(S(=O)(=O)O)c(-c2c(C)ccc3c2CCC3=O)c1. The van der Waals surface area contributed by atoms with Crippen molar-refractivity contribution in [2.24, 2.45) is 0 Å². The number of carbonyl (C=O) groups is 1. The molecule has 1 aliphatic carbocycles. The van der Waals surface area contributed by atoms with E-state index in [-0.39, 0.29) is 10.7 Å². The Hall–Kier alpha value is -1.98. The lowest BCUT2D eigenvalue weighted by Gasteiger charge is -2.15. The van der Waals surface area contributed by atoms with Crippen LogP contribution < -0.4 is 0 Å². The highest BCUT2D eigenvalue weighted by Crippen LogP contribution is 2.38. The maximum absolute atomic E-state index is 11.9. The van der Waals surface area contributed by atoms with E-state index in [2.05, 4.69) is 0 Å². The van der Waals surface area contributed by atoms with Crippen LogP contribution in [0.3, 0.4) is 0 Å². The average Bonchev–Trinajstić information content (AvgIpc) is 2.78. The summed E-state index contributed by atoms with van der Waals surface area (Å²) in [5, 5.41) is 0. The minimum absolute atomic E-state index is 0.0808. The van der Waals surface area contributed by atoms with E-state index in [0.717, 1.165) is 22.3 Å². The molecule has 1 N–H and O–H groups in total. The fourth-order valence-electron chi connectivity index (χ4n) is 3.10. The van der Waals surface area contributed by atoms with Gasteiger partial charge in [0.1, 0.15) is 4.90 Å². The standard InChI is InChI=1S/C17H16O4S/c1-10-3-8-16(22(19,20)21)14(9-10)17-11(2)4-5-12-13(17)6-7-15(12)18/h3-5,8-9H,6-7H2,1-2H3,(H,19,20,21). The van der Waals surface area contributed by atoms with Crippen LogP contribution in [0.1, 0.15) is 33.5 Å². The number of aryl methyl sites for hydroxylation is 2. The van der Waals surface area contributed by atoms with Crippen molar-refractivity contribution < 1.29 is 17.8 Å². The molecule has 2 aromatic carbocycles. The molecule has 0 saturated carbocycles. The first kappa shape index (κ1) is 14.9. The highest BCUT2D eigenvalue weighted by molar-refractivity contribution is 7.86. The molecule has 5 heteroatoms. The van der Waals surface area contributed by atoms with Gasteiger partial charge in [-0.2, -0.15) is 8.42 Å². The second-order valence-electron chi connectivity index (χ2n) is 5.68. The Kier molecular flexibility index (Phi) is 3.42. The van der Waals surface area contributed by atoms with E-state index >= 15 is 0 Å². The van der Waals surface area contributed by atoms with Gasteiger partial charge in [-0.3, -0.25) is 9.35 Å². The molecule has 0 bridgehead atoms. The van der Waals surface area contributed by atoms with Gasteiger partial charge in [-0.05, 0) is 43.0 Å². The van der Waals surface area contributed by atoms with Crippen LogP contribution in [0.15, 0.2) is 35.2 Å². The molecule has 0 spiro atoms. The molecule has 2 aromatic rings. The van der Waals surface area contributed by atoms with E-state index in [0.29, 0.717) is 24.0 Å². The third-order valence-electron chi connectivity index (χ3n) is 4.11. The van der Waals surface area contributed by atoms with Crippen molar-refractivity contribution in [2.75, 3.05) is 0 Å². The third kappa shape index (κ3) is 2.36. The Balaban J connectivity index is 2.39. The predicted octanol–water partition coefficient (Wildman–Crippen LogP) is 3.35. The van der Waals surface area contributed by atoms with Crippen LogP contribution in [0.5, 0.6) is 0 Å². The summed E-state index contributed by atoms with van der Waals surface area (Å²) >= 11 is 0. The van der Waals surface area contributed by atoms with Crippen LogP contribution in [0.2, 0.25) is 0 Å². The summed E-state index contributed by atoms with van der Waals surface area (Å²) in [5.41, 5.74) is 4.53. The zero-order valence-electron chi connectivity index (χ0n) is 12.4. The van der Waals surface area contributed by atoms with Crippen molar-refractivity contribution in [1.29, 1.82) is 0 Å². The first-order valence-electron chi connectivity index (χ1n) is 7.03. The van der Waals surface area contributed by atoms with Crippen LogP contribution in [-0.2, 0) is 16.5 Å². The molecular weight excluding hydrogens is 300 g/mol. The Morgan fingerprint density at radius 1 is 1.00 bits per heavy atom. The van der Waals surface area contributed by atoms with Crippen molar-refractivity contribution in [3.8, 4) is 11.1 Å². The molecule has 0 unspecified atom stereocenters. The smallest absolute Gasteiger partial charge is 0.294 e. The van der Waals surface area contributed by atoms with Crippen LogP contribution in [0.25, 0.3) is 11.1 Å². The molecule has 0 aliphatic heterocycles. The molecule has 0 heterocycles. The molecule has 4 nitrogen and oxygen atoms in total. The molecular formula is C17H16O4S. The van der Waals surface area contributed by atoms with Gasteiger partial charge in [-0.25, -0.2) is 0 Å². The maximum atomic E-state index is 11.9. The minimum atomic E-state index is -4.33. The maximum Gasteiger partial charge on any atom is 0.295 e. The molecule has 0 fully saturated rings. The van der Waals surface area contributed by atoms with Crippen molar-refractivity contribution in [2.45, 2.75) is 31.6 Å².